The van der Waals surface area contributed by atoms with Crippen LogP contribution in [-0.4, -0.2) is 41.4 Å². The number of nitrogens with one attached hydrogen (secondary N) is 1. The van der Waals surface area contributed by atoms with Crippen molar-refractivity contribution in [2.45, 2.75) is 31.8 Å². The Morgan fingerprint density at radius 2 is 1.59 bits per heavy atom. The van der Waals surface area contributed by atoms with Gasteiger partial charge in [-0.1, -0.05) is 60.7 Å². The largest absolute Gasteiger partial charge is 0.493 e. The van der Waals surface area contributed by atoms with E-state index >= 15 is 0 Å². The summed E-state index contributed by atoms with van der Waals surface area (Å²) in [6, 6.07) is 31.3. The zero-order chi connectivity index (χ0) is 28.6. The third-order valence-electron chi connectivity index (χ3n) is 7.23. The molecule has 7 nitrogen and oxygen atoms in total. The van der Waals surface area contributed by atoms with E-state index in [4.69, 9.17) is 14.5 Å². The van der Waals surface area contributed by atoms with Crippen LogP contribution in [0.3, 0.4) is 0 Å². The minimum absolute atomic E-state index is 0.0991. The Morgan fingerprint density at radius 1 is 0.854 bits per heavy atom. The van der Waals surface area contributed by atoms with Gasteiger partial charge in [-0.2, -0.15) is 0 Å². The molecule has 0 saturated carbocycles. The highest BCUT2D eigenvalue weighted by Gasteiger charge is 2.23. The summed E-state index contributed by atoms with van der Waals surface area (Å²) in [4.78, 5) is 18.4. The molecule has 5 aromatic rings. The number of benzene rings is 4. The van der Waals surface area contributed by atoms with Crippen LogP contribution in [-0.2, 0) is 6.54 Å². The number of carbonyl (C=O) groups excluding carboxylic acids is 1. The number of hydrogen-bond donors (Lipinski definition) is 2. The Kier molecular flexibility index (Phi) is 8.96. The monoisotopic (exact) mass is 549 g/mol. The molecule has 0 spiro atoms. The van der Waals surface area contributed by atoms with Crippen molar-refractivity contribution in [3.8, 4) is 22.6 Å². The highest BCUT2D eigenvalue weighted by molar-refractivity contribution is 5.94. The first-order valence-electron chi connectivity index (χ1n) is 13.8. The van der Waals surface area contributed by atoms with Gasteiger partial charge < -0.3 is 24.5 Å². The zero-order valence-corrected chi connectivity index (χ0v) is 23.4. The third-order valence-corrected chi connectivity index (χ3v) is 7.23. The molecule has 1 amide bonds. The van der Waals surface area contributed by atoms with Gasteiger partial charge in [-0.05, 0) is 72.4 Å². The molecule has 0 aliphatic rings. The van der Waals surface area contributed by atoms with Crippen LogP contribution in [0.1, 0.15) is 47.1 Å². The maximum atomic E-state index is 13.3. The van der Waals surface area contributed by atoms with Gasteiger partial charge in [0.15, 0.2) is 11.5 Å². The molecule has 0 saturated heterocycles. The van der Waals surface area contributed by atoms with E-state index in [9.17, 15) is 9.90 Å². The van der Waals surface area contributed by atoms with Crippen molar-refractivity contribution < 1.29 is 19.4 Å². The van der Waals surface area contributed by atoms with E-state index in [0.717, 1.165) is 40.0 Å². The summed E-state index contributed by atoms with van der Waals surface area (Å²) in [5, 5.41) is 12.7. The summed E-state index contributed by atoms with van der Waals surface area (Å²) >= 11 is 0. The van der Waals surface area contributed by atoms with Crippen LogP contribution in [0.15, 0.2) is 97.1 Å². The van der Waals surface area contributed by atoms with Crippen molar-refractivity contribution in [1.29, 1.82) is 0 Å². The van der Waals surface area contributed by atoms with Gasteiger partial charge in [0.25, 0.3) is 5.91 Å². The number of nitrogens with zero attached hydrogens (tertiary/aromatic N) is 2. The molecule has 1 atom stereocenters. The molecule has 210 valence electrons. The number of fused-ring (bicyclic) bond motifs is 1. The van der Waals surface area contributed by atoms with Gasteiger partial charge in [-0.25, -0.2) is 4.98 Å². The topological polar surface area (TPSA) is 85.6 Å². The fourth-order valence-corrected chi connectivity index (χ4v) is 5.11. The molecule has 0 unspecified atom stereocenters. The molecular weight excluding hydrogens is 514 g/mol. The van der Waals surface area contributed by atoms with Crippen LogP contribution >= 0.6 is 0 Å². The number of unbranched alkanes of at least 4 members (excludes halogenated alkanes) is 1. The fourth-order valence-electron chi connectivity index (χ4n) is 5.11. The van der Waals surface area contributed by atoms with Crippen LogP contribution in [0.2, 0.25) is 0 Å². The van der Waals surface area contributed by atoms with Gasteiger partial charge in [-0.15, -0.1) is 0 Å². The van der Waals surface area contributed by atoms with E-state index in [1.165, 1.54) is 0 Å². The van der Waals surface area contributed by atoms with E-state index < -0.39 is 0 Å². The minimum atomic E-state index is -0.359. The van der Waals surface area contributed by atoms with Gasteiger partial charge in [0.05, 0.1) is 31.3 Å². The summed E-state index contributed by atoms with van der Waals surface area (Å²) in [6.07, 6.45) is 2.02. The van der Waals surface area contributed by atoms with E-state index in [-0.39, 0.29) is 18.6 Å². The fraction of sp³-hybridized carbons (Fsp3) is 0.235. The number of aliphatic hydroxyl groups is 1. The summed E-state index contributed by atoms with van der Waals surface area (Å²) in [7, 11) is 3.25. The van der Waals surface area contributed by atoms with Gasteiger partial charge in [-0.3, -0.25) is 4.79 Å². The number of imidazole rings is 1. The second kappa shape index (κ2) is 13.2. The zero-order valence-electron chi connectivity index (χ0n) is 23.4. The number of rotatable bonds is 12. The van der Waals surface area contributed by atoms with Crippen molar-refractivity contribution in [1.82, 2.24) is 14.9 Å². The number of hydrogen-bond acceptors (Lipinski definition) is 5. The molecule has 1 heterocycles. The quantitative estimate of drug-likeness (QED) is 0.176. The lowest BCUT2D eigenvalue weighted by Crippen LogP contribution is -2.31. The molecule has 0 aliphatic heterocycles. The normalized spacial score (nSPS) is 11.8. The summed E-state index contributed by atoms with van der Waals surface area (Å²) in [5.74, 6) is 1.92. The first-order chi connectivity index (χ1) is 20.1. The molecule has 4 aromatic carbocycles. The maximum absolute atomic E-state index is 13.3. The van der Waals surface area contributed by atoms with Crippen molar-refractivity contribution in [2.24, 2.45) is 0 Å². The molecule has 0 fully saturated rings. The van der Waals surface area contributed by atoms with E-state index in [1.807, 2.05) is 54.6 Å². The molecule has 41 heavy (non-hydrogen) atoms. The Balaban J connectivity index is 1.60. The van der Waals surface area contributed by atoms with E-state index in [0.29, 0.717) is 36.4 Å². The molecule has 0 bridgehead atoms. The number of amides is 1. The number of methoxy groups -OCH3 is 2. The average Bonchev–Trinajstić information content (AvgIpc) is 3.38. The SMILES string of the molecule is COc1ccc(Cn2c([C@H](CCCCO)NC(=O)c3ccccc3)nc3cc(-c4ccccc4)ccc32)cc1OC. The van der Waals surface area contributed by atoms with E-state index in [2.05, 4.69) is 40.2 Å². The van der Waals surface area contributed by atoms with Crippen molar-refractivity contribution in [3.05, 3.63) is 114 Å². The van der Waals surface area contributed by atoms with Crippen LogP contribution in [0.5, 0.6) is 11.5 Å². The summed E-state index contributed by atoms with van der Waals surface area (Å²) in [6.45, 7) is 0.621. The van der Waals surface area contributed by atoms with Gasteiger partial charge in [0.1, 0.15) is 5.82 Å². The molecule has 0 aliphatic carbocycles. The highest BCUT2D eigenvalue weighted by atomic mass is 16.5. The van der Waals surface area contributed by atoms with Crippen molar-refractivity contribution in [2.75, 3.05) is 20.8 Å². The van der Waals surface area contributed by atoms with Crippen LogP contribution < -0.4 is 14.8 Å². The first kappa shape index (κ1) is 27.9. The Morgan fingerprint density at radius 3 is 2.29 bits per heavy atom. The molecule has 1 aromatic heterocycles. The van der Waals surface area contributed by atoms with Crippen LogP contribution in [0.4, 0.5) is 0 Å². The molecular formula is C34H35N3O4. The van der Waals surface area contributed by atoms with Gasteiger partial charge in [0, 0.05) is 18.7 Å². The highest BCUT2D eigenvalue weighted by Crippen LogP contribution is 2.32. The molecule has 0 radical (unpaired) electrons. The van der Waals surface area contributed by atoms with E-state index in [1.54, 1.807) is 26.4 Å². The van der Waals surface area contributed by atoms with Crippen LogP contribution in [0, 0.1) is 0 Å². The van der Waals surface area contributed by atoms with Crippen LogP contribution in [0.25, 0.3) is 22.2 Å². The maximum Gasteiger partial charge on any atom is 0.251 e. The first-order valence-corrected chi connectivity index (χ1v) is 13.8. The summed E-state index contributed by atoms with van der Waals surface area (Å²) in [5.41, 5.74) is 5.61. The number of ether oxygens (including phenoxy) is 2. The molecule has 7 heteroatoms. The Labute approximate surface area is 240 Å². The minimum Gasteiger partial charge on any atom is -0.493 e. The lowest BCUT2D eigenvalue weighted by Gasteiger charge is -2.21. The smallest absolute Gasteiger partial charge is 0.251 e. The standard InChI is InChI=1S/C34H35N3O4/c1-40-31-19-16-24(21-32(31)41-2)23-37-30-18-17-27(25-11-5-3-6-12-25)22-29(30)35-33(37)28(15-9-10-20-38)36-34(39)26-13-7-4-8-14-26/h3-8,11-14,16-19,21-22,28,38H,9-10,15,20,23H2,1-2H3,(H,36,39)/t28-/m0/s1. The average molecular weight is 550 g/mol. The third kappa shape index (κ3) is 6.42. The summed E-state index contributed by atoms with van der Waals surface area (Å²) < 4.78 is 13.2. The number of aliphatic hydroxyl groups excluding tert-OH is 1. The lowest BCUT2D eigenvalue weighted by atomic mass is 10.1. The van der Waals surface area contributed by atoms with Gasteiger partial charge >= 0.3 is 0 Å². The predicted octanol–water partition coefficient (Wildman–Crippen LogP) is 6.40. The second-order valence-corrected chi connectivity index (χ2v) is 9.93. The molecule has 5 rings (SSSR count). The number of carbonyl (C=O) groups is 1. The molecule has 2 N–H and O–H groups in total. The Bertz CT molecular complexity index is 1600. The van der Waals surface area contributed by atoms with Crippen molar-refractivity contribution >= 4 is 16.9 Å². The van der Waals surface area contributed by atoms with Crippen molar-refractivity contribution in [3.63, 3.8) is 0 Å². The predicted molar refractivity (Wildman–Crippen MR) is 161 cm³/mol. The lowest BCUT2D eigenvalue weighted by molar-refractivity contribution is 0.0931. The Hall–Kier alpha value is -4.62. The van der Waals surface area contributed by atoms with Gasteiger partial charge in [0.2, 0.25) is 0 Å². The second-order valence-electron chi connectivity index (χ2n) is 9.93. The number of aromatic nitrogens is 2.